The van der Waals surface area contributed by atoms with Gasteiger partial charge in [0.15, 0.2) is 0 Å². The Kier molecular flexibility index (Phi) is 6.45. The monoisotopic (exact) mass is 495 g/mol. The summed E-state index contributed by atoms with van der Waals surface area (Å²) < 4.78 is 5.28. The topological polar surface area (TPSA) is 72.6 Å². The van der Waals surface area contributed by atoms with Crippen LogP contribution in [0.15, 0.2) is 79.0 Å². The van der Waals surface area contributed by atoms with Crippen LogP contribution in [0.1, 0.15) is 12.0 Å². The van der Waals surface area contributed by atoms with Crippen molar-refractivity contribution >= 4 is 33.9 Å². The van der Waals surface area contributed by atoms with E-state index in [0.29, 0.717) is 0 Å². The van der Waals surface area contributed by atoms with Crippen molar-refractivity contribution in [2.75, 3.05) is 48.8 Å². The molecule has 2 atom stereocenters. The summed E-state index contributed by atoms with van der Waals surface area (Å²) in [6.45, 7) is 3.39. The quantitative estimate of drug-likeness (QED) is 0.361. The van der Waals surface area contributed by atoms with Crippen molar-refractivity contribution in [3.8, 4) is 5.75 Å². The summed E-state index contributed by atoms with van der Waals surface area (Å²) in [6.07, 6.45) is 3.88. The predicted molar refractivity (Wildman–Crippen MR) is 150 cm³/mol. The minimum absolute atomic E-state index is 0.0308. The van der Waals surface area contributed by atoms with Crippen molar-refractivity contribution < 1.29 is 9.53 Å². The number of rotatable bonds is 6. The smallest absolute Gasteiger partial charge is 0.243 e. The van der Waals surface area contributed by atoms with E-state index in [1.807, 2.05) is 30.5 Å². The van der Waals surface area contributed by atoms with Gasteiger partial charge in [0.1, 0.15) is 11.8 Å². The van der Waals surface area contributed by atoms with E-state index >= 15 is 0 Å². The number of carbonyl (C=O) groups excluding carboxylic acids is 1. The molecule has 0 aliphatic carbocycles. The number of piperazine rings is 1. The first-order valence-electron chi connectivity index (χ1n) is 13.0. The van der Waals surface area contributed by atoms with Gasteiger partial charge in [-0.2, -0.15) is 0 Å². The number of anilines is 3. The lowest BCUT2D eigenvalue weighted by Crippen LogP contribution is -2.60. The van der Waals surface area contributed by atoms with Crippen LogP contribution in [0, 0.1) is 0 Å². The Hall–Kier alpha value is -3.97. The van der Waals surface area contributed by atoms with Crippen molar-refractivity contribution in [2.45, 2.75) is 24.9 Å². The average Bonchev–Trinajstić information content (AvgIpc) is 3.43. The Morgan fingerprint density at radius 2 is 1.78 bits per heavy atom. The van der Waals surface area contributed by atoms with E-state index in [9.17, 15) is 4.79 Å². The van der Waals surface area contributed by atoms with Crippen molar-refractivity contribution in [2.24, 2.45) is 0 Å². The number of para-hydroxylation sites is 1. The summed E-state index contributed by atoms with van der Waals surface area (Å²) >= 11 is 0. The predicted octanol–water partition coefficient (Wildman–Crippen LogP) is 4.73. The van der Waals surface area contributed by atoms with Crippen molar-refractivity contribution in [3.05, 3.63) is 84.6 Å². The molecule has 7 nitrogen and oxygen atoms in total. The maximum Gasteiger partial charge on any atom is 0.243 e. The molecule has 6 rings (SSSR count). The van der Waals surface area contributed by atoms with Gasteiger partial charge in [0, 0.05) is 60.3 Å². The number of nitrogens with zero attached hydrogens (tertiary/aromatic N) is 2. The summed E-state index contributed by atoms with van der Waals surface area (Å²) in [5.41, 5.74) is 5.64. The molecule has 190 valence electrons. The molecule has 2 aliphatic heterocycles. The minimum atomic E-state index is -0.277. The van der Waals surface area contributed by atoms with Crippen LogP contribution in [-0.2, 0) is 11.2 Å². The van der Waals surface area contributed by atoms with Crippen LogP contribution in [0.5, 0.6) is 5.75 Å². The van der Waals surface area contributed by atoms with Crippen LogP contribution in [0.3, 0.4) is 0 Å². The number of carbonyl (C=O) groups is 1. The molecule has 1 amide bonds. The maximum absolute atomic E-state index is 13.8. The fourth-order valence-electron chi connectivity index (χ4n) is 5.78. The zero-order valence-corrected chi connectivity index (χ0v) is 21.1. The van der Waals surface area contributed by atoms with Crippen LogP contribution in [0.2, 0.25) is 0 Å². The number of aromatic amines is 1. The fraction of sp³-hybridized carbons (Fsp3) is 0.300. The number of benzene rings is 3. The standard InChI is InChI=1S/C30H33N5O2/c1-37-23-12-10-22(11-13-23)32-30(36)29(27-14-9-21-5-2-3-6-25(21)33-27)35-19-17-34(18-20-35)28-8-4-7-26-24(28)15-16-31-26/h2-8,10-13,15-16,27,29,31,33H,9,14,17-20H2,1H3,(H,32,36). The molecular weight excluding hydrogens is 462 g/mol. The third kappa shape index (κ3) is 4.74. The summed E-state index contributed by atoms with van der Waals surface area (Å²) in [5, 5.41) is 8.13. The molecule has 7 heteroatoms. The highest BCUT2D eigenvalue weighted by atomic mass is 16.5. The normalized spacial score (nSPS) is 18.6. The highest BCUT2D eigenvalue weighted by Gasteiger charge is 2.37. The Bertz CT molecular complexity index is 1370. The van der Waals surface area contributed by atoms with Gasteiger partial charge in [-0.25, -0.2) is 0 Å². The number of ether oxygens (including phenoxy) is 1. The number of methoxy groups -OCH3 is 1. The highest BCUT2D eigenvalue weighted by molar-refractivity contribution is 5.96. The molecule has 4 aromatic rings. The van der Waals surface area contributed by atoms with E-state index < -0.39 is 0 Å². The van der Waals surface area contributed by atoms with Gasteiger partial charge in [0.2, 0.25) is 5.91 Å². The van der Waals surface area contributed by atoms with E-state index in [1.54, 1.807) is 7.11 Å². The molecular formula is C30H33N5O2. The van der Waals surface area contributed by atoms with Gasteiger partial charge in [-0.15, -0.1) is 0 Å². The molecule has 2 unspecified atom stereocenters. The third-order valence-corrected chi connectivity index (χ3v) is 7.71. The van der Waals surface area contributed by atoms with Gasteiger partial charge in [0.25, 0.3) is 0 Å². The largest absolute Gasteiger partial charge is 0.497 e. The van der Waals surface area contributed by atoms with Crippen LogP contribution in [0.25, 0.3) is 10.9 Å². The fourth-order valence-corrected chi connectivity index (χ4v) is 5.78. The zero-order valence-electron chi connectivity index (χ0n) is 21.1. The minimum Gasteiger partial charge on any atom is -0.497 e. The zero-order chi connectivity index (χ0) is 25.2. The summed E-state index contributed by atoms with van der Waals surface area (Å²) in [6, 6.07) is 24.3. The number of aryl methyl sites for hydroxylation is 1. The first-order valence-corrected chi connectivity index (χ1v) is 13.0. The van der Waals surface area contributed by atoms with E-state index in [2.05, 4.69) is 73.9 Å². The molecule has 2 aliphatic rings. The highest BCUT2D eigenvalue weighted by Crippen LogP contribution is 2.30. The second-order valence-electron chi connectivity index (χ2n) is 9.85. The molecule has 1 saturated heterocycles. The summed E-state index contributed by atoms with van der Waals surface area (Å²) in [4.78, 5) is 21.9. The second-order valence-corrected chi connectivity index (χ2v) is 9.85. The van der Waals surface area contributed by atoms with Gasteiger partial charge in [0.05, 0.1) is 13.2 Å². The van der Waals surface area contributed by atoms with Crippen LogP contribution >= 0.6 is 0 Å². The maximum atomic E-state index is 13.8. The Balaban J connectivity index is 1.22. The first-order chi connectivity index (χ1) is 18.2. The molecule has 3 aromatic carbocycles. The lowest BCUT2D eigenvalue weighted by atomic mass is 9.92. The van der Waals surface area contributed by atoms with Gasteiger partial charge in [-0.05, 0) is 66.9 Å². The van der Waals surface area contributed by atoms with Crippen LogP contribution in [-0.4, -0.2) is 61.2 Å². The Morgan fingerprint density at radius 3 is 2.59 bits per heavy atom. The number of H-pyrrole nitrogens is 1. The van der Waals surface area contributed by atoms with Gasteiger partial charge in [-0.1, -0.05) is 24.3 Å². The average molecular weight is 496 g/mol. The third-order valence-electron chi connectivity index (χ3n) is 7.71. The van der Waals surface area contributed by atoms with Gasteiger partial charge < -0.3 is 25.3 Å². The van der Waals surface area contributed by atoms with Crippen molar-refractivity contribution in [1.82, 2.24) is 9.88 Å². The van der Waals surface area contributed by atoms with E-state index in [0.717, 1.165) is 61.7 Å². The van der Waals surface area contributed by atoms with E-state index in [-0.39, 0.29) is 18.0 Å². The van der Waals surface area contributed by atoms with Crippen LogP contribution < -0.4 is 20.3 Å². The molecule has 3 heterocycles. The number of fused-ring (bicyclic) bond motifs is 2. The molecule has 0 spiro atoms. The second kappa shape index (κ2) is 10.2. The molecule has 0 bridgehead atoms. The lowest BCUT2D eigenvalue weighted by Gasteiger charge is -2.43. The van der Waals surface area contributed by atoms with Gasteiger partial charge >= 0.3 is 0 Å². The number of hydrogen-bond donors (Lipinski definition) is 3. The summed E-state index contributed by atoms with van der Waals surface area (Å²) in [7, 11) is 1.65. The van der Waals surface area contributed by atoms with E-state index in [1.165, 1.54) is 16.6 Å². The number of amides is 1. The SMILES string of the molecule is COc1ccc(NC(=O)C(C2CCc3ccccc3N2)N2CCN(c3cccc4[nH]ccc34)CC2)cc1. The molecule has 0 radical (unpaired) electrons. The molecule has 3 N–H and O–H groups in total. The van der Waals surface area contributed by atoms with Crippen molar-refractivity contribution in [3.63, 3.8) is 0 Å². The summed E-state index contributed by atoms with van der Waals surface area (Å²) in [5.74, 6) is 0.803. The Morgan fingerprint density at radius 1 is 0.973 bits per heavy atom. The molecule has 37 heavy (non-hydrogen) atoms. The molecule has 1 aromatic heterocycles. The number of hydrogen-bond acceptors (Lipinski definition) is 5. The molecule has 0 saturated carbocycles. The number of aromatic nitrogens is 1. The Labute approximate surface area is 217 Å². The van der Waals surface area contributed by atoms with Crippen molar-refractivity contribution in [1.29, 1.82) is 0 Å². The van der Waals surface area contributed by atoms with E-state index in [4.69, 9.17) is 4.74 Å². The first kappa shape index (κ1) is 23.4. The lowest BCUT2D eigenvalue weighted by molar-refractivity contribution is -0.122. The van der Waals surface area contributed by atoms with Gasteiger partial charge in [-0.3, -0.25) is 9.69 Å². The number of nitrogens with one attached hydrogen (secondary N) is 3. The van der Waals surface area contributed by atoms with Crippen LogP contribution in [0.4, 0.5) is 17.1 Å². The molecule has 1 fully saturated rings.